The molecule has 0 saturated carbocycles. The van der Waals surface area contributed by atoms with Gasteiger partial charge in [-0.15, -0.1) is 0 Å². The van der Waals surface area contributed by atoms with E-state index in [-0.39, 0.29) is 12.2 Å². The van der Waals surface area contributed by atoms with Crippen molar-refractivity contribution in [3.63, 3.8) is 0 Å². The quantitative estimate of drug-likeness (QED) is 0.801. The van der Waals surface area contributed by atoms with Crippen molar-refractivity contribution in [1.82, 2.24) is 5.32 Å². The van der Waals surface area contributed by atoms with Crippen LogP contribution in [-0.4, -0.2) is 43.5 Å². The van der Waals surface area contributed by atoms with Crippen LogP contribution in [0.5, 0.6) is 0 Å². The second-order valence-corrected chi connectivity index (χ2v) is 6.91. The van der Waals surface area contributed by atoms with Gasteiger partial charge >= 0.3 is 5.97 Å². The summed E-state index contributed by atoms with van der Waals surface area (Å²) in [5.41, 5.74) is 1.22. The van der Waals surface area contributed by atoms with Crippen LogP contribution in [0.3, 0.4) is 0 Å². The van der Waals surface area contributed by atoms with Crippen molar-refractivity contribution < 1.29 is 23.1 Å². The first kappa shape index (κ1) is 16.2. The molecule has 1 rings (SSSR count). The molecule has 0 aliphatic carbocycles. The van der Waals surface area contributed by atoms with Gasteiger partial charge in [0.05, 0.1) is 5.75 Å². The molecule has 1 amide bonds. The summed E-state index contributed by atoms with van der Waals surface area (Å²) >= 11 is 0. The largest absolute Gasteiger partial charge is 0.480 e. The monoisotopic (exact) mass is 299 g/mol. The maximum absolute atomic E-state index is 11.9. The zero-order valence-corrected chi connectivity index (χ0v) is 12.1. The Balaban J connectivity index is 2.75. The van der Waals surface area contributed by atoms with Gasteiger partial charge in [-0.1, -0.05) is 17.7 Å². The number of carboxylic acids is 1. The molecule has 0 radical (unpaired) electrons. The number of benzene rings is 1. The van der Waals surface area contributed by atoms with Gasteiger partial charge in [0, 0.05) is 11.8 Å². The van der Waals surface area contributed by atoms with Crippen molar-refractivity contribution in [2.45, 2.75) is 19.4 Å². The van der Waals surface area contributed by atoms with Gasteiger partial charge in [-0.25, -0.2) is 13.2 Å². The fourth-order valence-electron chi connectivity index (χ4n) is 1.62. The third kappa shape index (κ3) is 5.40. The number of sulfone groups is 1. The highest BCUT2D eigenvalue weighted by Gasteiger charge is 2.22. The Morgan fingerprint density at radius 1 is 1.35 bits per heavy atom. The van der Waals surface area contributed by atoms with E-state index in [1.807, 2.05) is 13.0 Å². The highest BCUT2D eigenvalue weighted by atomic mass is 32.2. The van der Waals surface area contributed by atoms with Crippen molar-refractivity contribution in [2.75, 3.05) is 12.0 Å². The molecule has 7 heteroatoms. The summed E-state index contributed by atoms with van der Waals surface area (Å²) in [5, 5.41) is 11.3. The summed E-state index contributed by atoms with van der Waals surface area (Å²) < 4.78 is 22.1. The van der Waals surface area contributed by atoms with Gasteiger partial charge in [-0.05, 0) is 25.5 Å². The maximum Gasteiger partial charge on any atom is 0.326 e. The van der Waals surface area contributed by atoms with E-state index in [9.17, 15) is 18.0 Å². The Kier molecular flexibility index (Phi) is 5.26. The number of nitrogens with one attached hydrogen (secondary N) is 1. The van der Waals surface area contributed by atoms with Crippen LogP contribution in [-0.2, 0) is 14.6 Å². The lowest BCUT2D eigenvalue weighted by Crippen LogP contribution is -2.41. The average Bonchev–Trinajstić information content (AvgIpc) is 2.32. The number of amides is 1. The zero-order chi connectivity index (χ0) is 15.3. The Hall–Kier alpha value is -1.89. The molecule has 0 aliphatic rings. The first-order chi connectivity index (χ1) is 9.19. The summed E-state index contributed by atoms with van der Waals surface area (Å²) in [4.78, 5) is 23.0. The van der Waals surface area contributed by atoms with Gasteiger partial charge in [0.25, 0.3) is 5.91 Å². The van der Waals surface area contributed by atoms with Gasteiger partial charge in [-0.2, -0.15) is 0 Å². The van der Waals surface area contributed by atoms with Crippen molar-refractivity contribution in [3.8, 4) is 0 Å². The first-order valence-electron chi connectivity index (χ1n) is 5.97. The fraction of sp³-hybridized carbons (Fsp3) is 0.385. The topological polar surface area (TPSA) is 101 Å². The van der Waals surface area contributed by atoms with E-state index in [0.717, 1.165) is 11.8 Å². The highest BCUT2D eigenvalue weighted by Crippen LogP contribution is 2.05. The molecule has 0 spiro atoms. The van der Waals surface area contributed by atoms with Gasteiger partial charge < -0.3 is 10.4 Å². The first-order valence-corrected chi connectivity index (χ1v) is 8.03. The highest BCUT2D eigenvalue weighted by molar-refractivity contribution is 7.90. The number of carbonyl (C=O) groups excluding carboxylic acids is 1. The van der Waals surface area contributed by atoms with Crippen LogP contribution in [0.25, 0.3) is 0 Å². The second kappa shape index (κ2) is 6.51. The molecule has 1 atom stereocenters. The summed E-state index contributed by atoms with van der Waals surface area (Å²) in [6, 6.07) is 5.48. The zero-order valence-electron chi connectivity index (χ0n) is 11.3. The molecular weight excluding hydrogens is 282 g/mol. The van der Waals surface area contributed by atoms with E-state index >= 15 is 0 Å². The summed E-state index contributed by atoms with van der Waals surface area (Å²) in [7, 11) is -3.27. The lowest BCUT2D eigenvalue weighted by Gasteiger charge is -2.14. The summed E-state index contributed by atoms with van der Waals surface area (Å²) in [6.07, 6.45) is 0.861. The Bertz CT molecular complexity index is 609. The standard InChI is InChI=1S/C13H17NO5S/c1-9-4-3-5-10(8-9)12(15)14-11(13(16)17)6-7-20(2,18)19/h3-5,8,11H,6-7H2,1-2H3,(H,14,15)(H,16,17). The number of rotatable bonds is 6. The van der Waals surface area contributed by atoms with E-state index in [1.165, 1.54) is 0 Å². The van der Waals surface area contributed by atoms with Gasteiger partial charge in [-0.3, -0.25) is 4.79 Å². The summed E-state index contributed by atoms with van der Waals surface area (Å²) in [6.45, 7) is 1.81. The van der Waals surface area contributed by atoms with Crippen LogP contribution in [0.4, 0.5) is 0 Å². The lowest BCUT2D eigenvalue weighted by molar-refractivity contribution is -0.139. The normalized spacial score (nSPS) is 12.7. The van der Waals surface area contributed by atoms with Crippen LogP contribution in [0.15, 0.2) is 24.3 Å². The molecule has 2 N–H and O–H groups in total. The van der Waals surface area contributed by atoms with E-state index in [0.29, 0.717) is 5.56 Å². The third-order valence-corrected chi connectivity index (χ3v) is 3.64. The molecule has 0 bridgehead atoms. The van der Waals surface area contributed by atoms with Crippen molar-refractivity contribution in [2.24, 2.45) is 0 Å². The third-order valence-electron chi connectivity index (χ3n) is 2.66. The van der Waals surface area contributed by atoms with Crippen LogP contribution in [0, 0.1) is 6.92 Å². The van der Waals surface area contributed by atoms with E-state index in [2.05, 4.69) is 5.32 Å². The second-order valence-electron chi connectivity index (χ2n) is 4.65. The molecule has 0 fully saturated rings. The number of aliphatic carboxylic acids is 1. The van der Waals surface area contributed by atoms with Crippen LogP contribution in [0.2, 0.25) is 0 Å². The molecule has 20 heavy (non-hydrogen) atoms. The van der Waals surface area contributed by atoms with Crippen molar-refractivity contribution >= 4 is 21.7 Å². The number of carbonyl (C=O) groups is 2. The minimum Gasteiger partial charge on any atom is -0.480 e. The van der Waals surface area contributed by atoms with Crippen molar-refractivity contribution in [1.29, 1.82) is 0 Å². The molecule has 0 saturated heterocycles. The molecule has 6 nitrogen and oxygen atoms in total. The SMILES string of the molecule is Cc1cccc(C(=O)NC(CCS(C)(=O)=O)C(=O)O)c1. The minimum absolute atomic E-state index is 0.161. The Labute approximate surface area is 117 Å². The van der Waals surface area contributed by atoms with E-state index in [1.54, 1.807) is 18.2 Å². The maximum atomic E-state index is 11.9. The molecule has 1 unspecified atom stereocenters. The van der Waals surface area contributed by atoms with E-state index in [4.69, 9.17) is 5.11 Å². The van der Waals surface area contributed by atoms with Gasteiger partial charge in [0.1, 0.15) is 15.9 Å². The van der Waals surface area contributed by atoms with E-state index < -0.39 is 27.8 Å². The lowest BCUT2D eigenvalue weighted by atomic mass is 10.1. The van der Waals surface area contributed by atoms with Crippen LogP contribution in [0.1, 0.15) is 22.3 Å². The molecule has 0 aliphatic heterocycles. The molecule has 0 aromatic heterocycles. The molecular formula is C13H17NO5S. The van der Waals surface area contributed by atoms with Crippen molar-refractivity contribution in [3.05, 3.63) is 35.4 Å². The number of hydrogen-bond acceptors (Lipinski definition) is 4. The Morgan fingerprint density at radius 3 is 2.50 bits per heavy atom. The predicted octanol–water partition coefficient (Wildman–Crippen LogP) is 0.613. The van der Waals surface area contributed by atoms with Gasteiger partial charge in [0.2, 0.25) is 0 Å². The molecule has 110 valence electrons. The number of carboxylic acid groups (broad SMARTS) is 1. The molecule has 1 aromatic carbocycles. The van der Waals surface area contributed by atoms with Crippen LogP contribution >= 0.6 is 0 Å². The fourth-order valence-corrected chi connectivity index (χ4v) is 2.28. The minimum atomic E-state index is -3.27. The molecule has 0 heterocycles. The summed E-state index contributed by atoms with van der Waals surface area (Å²) in [5.74, 6) is -2.08. The predicted molar refractivity (Wildman–Crippen MR) is 74.4 cm³/mol. The number of aryl methyl sites for hydroxylation is 1. The smallest absolute Gasteiger partial charge is 0.326 e. The number of hydrogen-bond donors (Lipinski definition) is 2. The average molecular weight is 299 g/mol. The molecule has 1 aromatic rings. The van der Waals surface area contributed by atoms with Gasteiger partial charge in [0.15, 0.2) is 0 Å². The van der Waals surface area contributed by atoms with Crippen LogP contribution < -0.4 is 5.32 Å². The Morgan fingerprint density at radius 2 is 2.00 bits per heavy atom.